The van der Waals surface area contributed by atoms with Crippen molar-refractivity contribution >= 4 is 38.9 Å². The summed E-state index contributed by atoms with van der Waals surface area (Å²) in [4.78, 5) is 24.9. The van der Waals surface area contributed by atoms with Gasteiger partial charge >= 0.3 is 0 Å². The van der Waals surface area contributed by atoms with Crippen LogP contribution in [0, 0.1) is 5.82 Å². The van der Waals surface area contributed by atoms with Crippen molar-refractivity contribution in [2.45, 2.75) is 12.5 Å². The summed E-state index contributed by atoms with van der Waals surface area (Å²) in [5.74, 6) is -2.07. The smallest absolute Gasteiger partial charge is 0.251 e. The summed E-state index contributed by atoms with van der Waals surface area (Å²) in [7, 11) is -3.34. The van der Waals surface area contributed by atoms with Crippen molar-refractivity contribution in [1.29, 1.82) is 0 Å². The number of nitrogens with one attached hydrogen (secondary N) is 2. The van der Waals surface area contributed by atoms with Gasteiger partial charge in [0, 0.05) is 17.5 Å². The first-order valence-electron chi connectivity index (χ1n) is 7.95. The van der Waals surface area contributed by atoms with Crippen LogP contribution in [0.25, 0.3) is 0 Å². The molecule has 2 aromatic carbocycles. The van der Waals surface area contributed by atoms with Crippen LogP contribution in [0.2, 0.25) is 5.02 Å². The van der Waals surface area contributed by atoms with Crippen LogP contribution in [-0.4, -0.2) is 38.3 Å². The van der Waals surface area contributed by atoms with E-state index in [1.807, 2.05) is 0 Å². The fourth-order valence-corrected chi connectivity index (χ4v) is 3.08. The molecule has 0 heterocycles. The number of sulfone groups is 1. The fraction of sp³-hybridized carbons (Fsp3) is 0.222. The lowest BCUT2D eigenvalue weighted by atomic mass is 10.1. The first-order valence-corrected chi connectivity index (χ1v) is 10.4. The molecule has 0 fully saturated rings. The molecular formula is C18H18ClFN2O4S. The van der Waals surface area contributed by atoms with E-state index in [0.717, 1.165) is 12.3 Å². The second kappa shape index (κ2) is 8.96. The molecule has 0 radical (unpaired) electrons. The van der Waals surface area contributed by atoms with Crippen LogP contribution < -0.4 is 10.6 Å². The minimum atomic E-state index is -3.34. The SMILES string of the molecule is CS(=O)(=O)CC[C@H](NC(=O)c1ccccc1)C(=O)Nc1ccc(F)c(Cl)c1. The first-order chi connectivity index (χ1) is 12.7. The summed E-state index contributed by atoms with van der Waals surface area (Å²) in [5, 5.41) is 4.86. The van der Waals surface area contributed by atoms with E-state index in [0.29, 0.717) is 5.56 Å². The number of anilines is 1. The van der Waals surface area contributed by atoms with Gasteiger partial charge in [0.05, 0.1) is 10.8 Å². The number of halogens is 2. The van der Waals surface area contributed by atoms with Crippen molar-refractivity contribution in [3.8, 4) is 0 Å². The maximum Gasteiger partial charge on any atom is 0.251 e. The normalized spacial score (nSPS) is 12.3. The van der Waals surface area contributed by atoms with Crippen molar-refractivity contribution in [2.75, 3.05) is 17.3 Å². The minimum Gasteiger partial charge on any atom is -0.340 e. The number of carbonyl (C=O) groups is 2. The third-order valence-corrected chi connectivity index (χ3v) is 4.89. The Kier molecular flexibility index (Phi) is 6.92. The molecule has 0 saturated carbocycles. The molecule has 2 aromatic rings. The van der Waals surface area contributed by atoms with Gasteiger partial charge in [0.15, 0.2) is 0 Å². The molecule has 27 heavy (non-hydrogen) atoms. The standard InChI is InChI=1S/C18H18ClFN2O4S/c1-27(25,26)10-9-16(22-17(23)12-5-3-2-4-6-12)18(24)21-13-7-8-15(20)14(19)11-13/h2-8,11,16H,9-10H2,1H3,(H,21,24)(H,22,23)/t16-/m0/s1. The largest absolute Gasteiger partial charge is 0.340 e. The average molecular weight is 413 g/mol. The van der Waals surface area contributed by atoms with Crippen LogP contribution in [0.15, 0.2) is 48.5 Å². The quantitative estimate of drug-likeness (QED) is 0.731. The third kappa shape index (κ3) is 6.65. The number of hydrogen-bond donors (Lipinski definition) is 2. The molecule has 1 atom stereocenters. The van der Waals surface area contributed by atoms with Crippen LogP contribution >= 0.6 is 11.6 Å². The van der Waals surface area contributed by atoms with Gasteiger partial charge in [0.1, 0.15) is 21.7 Å². The summed E-state index contributed by atoms with van der Waals surface area (Å²) in [6, 6.07) is 10.7. The highest BCUT2D eigenvalue weighted by atomic mass is 35.5. The Morgan fingerprint density at radius 3 is 2.41 bits per heavy atom. The summed E-state index contributed by atoms with van der Waals surface area (Å²) >= 11 is 5.69. The highest BCUT2D eigenvalue weighted by Crippen LogP contribution is 2.19. The molecule has 144 valence electrons. The van der Waals surface area contributed by atoms with Gasteiger partial charge in [-0.05, 0) is 36.8 Å². The van der Waals surface area contributed by atoms with Gasteiger partial charge < -0.3 is 10.6 Å². The van der Waals surface area contributed by atoms with Gasteiger partial charge in [-0.15, -0.1) is 0 Å². The Bertz CT molecular complexity index is 936. The van der Waals surface area contributed by atoms with E-state index in [9.17, 15) is 22.4 Å². The van der Waals surface area contributed by atoms with E-state index in [1.165, 1.54) is 12.1 Å². The van der Waals surface area contributed by atoms with E-state index < -0.39 is 33.5 Å². The predicted molar refractivity (Wildman–Crippen MR) is 102 cm³/mol. The monoisotopic (exact) mass is 412 g/mol. The van der Waals surface area contributed by atoms with Crippen molar-refractivity contribution in [2.24, 2.45) is 0 Å². The summed E-state index contributed by atoms with van der Waals surface area (Å²) < 4.78 is 36.1. The molecule has 0 unspecified atom stereocenters. The van der Waals surface area contributed by atoms with E-state index in [2.05, 4.69) is 10.6 Å². The van der Waals surface area contributed by atoms with Crippen LogP contribution in [0.5, 0.6) is 0 Å². The lowest BCUT2D eigenvalue weighted by Crippen LogP contribution is -2.44. The maximum atomic E-state index is 13.2. The molecule has 0 saturated heterocycles. The van der Waals surface area contributed by atoms with Gasteiger partial charge in [0.2, 0.25) is 5.91 Å². The Morgan fingerprint density at radius 2 is 1.81 bits per heavy atom. The molecular weight excluding hydrogens is 395 g/mol. The zero-order valence-corrected chi connectivity index (χ0v) is 16.0. The Morgan fingerprint density at radius 1 is 1.15 bits per heavy atom. The number of benzene rings is 2. The number of carbonyl (C=O) groups excluding carboxylic acids is 2. The molecule has 0 spiro atoms. The van der Waals surface area contributed by atoms with Gasteiger partial charge in [-0.1, -0.05) is 29.8 Å². The molecule has 2 N–H and O–H groups in total. The zero-order chi connectivity index (χ0) is 20.0. The van der Waals surface area contributed by atoms with Crippen molar-refractivity contribution in [1.82, 2.24) is 5.32 Å². The van der Waals surface area contributed by atoms with Crippen LogP contribution in [0.3, 0.4) is 0 Å². The lowest BCUT2D eigenvalue weighted by molar-refractivity contribution is -0.118. The van der Waals surface area contributed by atoms with Gasteiger partial charge in [-0.25, -0.2) is 12.8 Å². The number of amides is 2. The summed E-state index contributed by atoms with van der Waals surface area (Å²) in [6.07, 6.45) is 0.929. The third-order valence-electron chi connectivity index (χ3n) is 3.62. The molecule has 6 nitrogen and oxygen atoms in total. The van der Waals surface area contributed by atoms with E-state index in [1.54, 1.807) is 30.3 Å². The Hall–Kier alpha value is -2.45. The van der Waals surface area contributed by atoms with Crippen LogP contribution in [-0.2, 0) is 14.6 Å². The molecule has 2 amide bonds. The topological polar surface area (TPSA) is 92.3 Å². The maximum absolute atomic E-state index is 13.2. The van der Waals surface area contributed by atoms with E-state index in [4.69, 9.17) is 11.6 Å². The lowest BCUT2D eigenvalue weighted by Gasteiger charge is -2.18. The number of hydrogen-bond acceptors (Lipinski definition) is 4. The van der Waals surface area contributed by atoms with Crippen LogP contribution in [0.1, 0.15) is 16.8 Å². The minimum absolute atomic E-state index is 0.113. The molecule has 2 rings (SSSR count). The predicted octanol–water partition coefficient (Wildman–Crippen LogP) is 2.65. The second-order valence-electron chi connectivity index (χ2n) is 5.93. The molecule has 0 aliphatic carbocycles. The van der Waals surface area contributed by atoms with Gasteiger partial charge in [0.25, 0.3) is 5.91 Å². The van der Waals surface area contributed by atoms with Crippen molar-refractivity contribution in [3.63, 3.8) is 0 Å². The Balaban J connectivity index is 2.15. The zero-order valence-electron chi connectivity index (χ0n) is 14.4. The molecule has 0 aliphatic heterocycles. The average Bonchev–Trinajstić information content (AvgIpc) is 2.61. The number of rotatable bonds is 7. The summed E-state index contributed by atoms with van der Waals surface area (Å²) in [5.41, 5.74) is 0.559. The highest BCUT2D eigenvalue weighted by molar-refractivity contribution is 7.90. The fourth-order valence-electron chi connectivity index (χ4n) is 2.24. The van der Waals surface area contributed by atoms with Gasteiger partial charge in [-0.2, -0.15) is 0 Å². The van der Waals surface area contributed by atoms with Crippen molar-refractivity contribution < 1.29 is 22.4 Å². The Labute approximate surface area is 161 Å². The van der Waals surface area contributed by atoms with Crippen LogP contribution in [0.4, 0.5) is 10.1 Å². The molecule has 0 aromatic heterocycles. The van der Waals surface area contributed by atoms with E-state index in [-0.39, 0.29) is 22.9 Å². The first kappa shape index (κ1) is 20.9. The second-order valence-corrected chi connectivity index (χ2v) is 8.60. The summed E-state index contributed by atoms with van der Waals surface area (Å²) in [6.45, 7) is 0. The van der Waals surface area contributed by atoms with Crippen molar-refractivity contribution in [3.05, 3.63) is 64.9 Å². The van der Waals surface area contributed by atoms with E-state index >= 15 is 0 Å². The molecule has 9 heteroatoms. The molecule has 0 bridgehead atoms. The highest BCUT2D eigenvalue weighted by Gasteiger charge is 2.23. The molecule has 0 aliphatic rings. The van der Waals surface area contributed by atoms with Gasteiger partial charge in [-0.3, -0.25) is 9.59 Å².